The number of hydrogen-bond acceptors (Lipinski definition) is 3. The van der Waals surface area contributed by atoms with E-state index in [4.69, 9.17) is 11.6 Å². The molecule has 1 unspecified atom stereocenters. The van der Waals surface area contributed by atoms with Crippen molar-refractivity contribution in [1.29, 1.82) is 0 Å². The fourth-order valence-corrected chi connectivity index (χ4v) is 3.84. The van der Waals surface area contributed by atoms with Gasteiger partial charge in [0.05, 0.1) is 5.02 Å². The maximum Gasteiger partial charge on any atom is 0.242 e. The molecule has 20 heavy (non-hydrogen) atoms. The first-order chi connectivity index (χ1) is 9.22. The SMILES string of the molecule is Cc1cc(S(=O)(=O)NC2CCN(C)C2=O)c(Cl)cc1F. The molecule has 0 bridgehead atoms. The minimum atomic E-state index is -3.97. The summed E-state index contributed by atoms with van der Waals surface area (Å²) in [6, 6.07) is 1.31. The van der Waals surface area contributed by atoms with E-state index in [0.717, 1.165) is 12.1 Å². The minimum Gasteiger partial charge on any atom is -0.344 e. The summed E-state index contributed by atoms with van der Waals surface area (Å²) < 4.78 is 40.1. The molecule has 1 saturated heterocycles. The molecule has 0 saturated carbocycles. The summed E-state index contributed by atoms with van der Waals surface area (Å²) >= 11 is 5.78. The van der Waals surface area contributed by atoms with E-state index in [-0.39, 0.29) is 21.4 Å². The number of nitrogens with one attached hydrogen (secondary N) is 1. The first-order valence-corrected chi connectivity index (χ1v) is 7.81. The van der Waals surface area contributed by atoms with Crippen molar-refractivity contribution in [2.75, 3.05) is 13.6 Å². The second kappa shape index (κ2) is 5.31. The molecule has 1 atom stereocenters. The van der Waals surface area contributed by atoms with E-state index in [2.05, 4.69) is 4.72 Å². The average Bonchev–Trinajstić information content (AvgIpc) is 2.65. The van der Waals surface area contributed by atoms with Crippen LogP contribution in [0.1, 0.15) is 12.0 Å². The summed E-state index contributed by atoms with van der Waals surface area (Å²) in [5, 5.41) is -0.209. The predicted molar refractivity (Wildman–Crippen MR) is 72.5 cm³/mol. The molecule has 0 aliphatic carbocycles. The number of nitrogens with zero attached hydrogens (tertiary/aromatic N) is 1. The third-order valence-electron chi connectivity index (χ3n) is 3.23. The first-order valence-electron chi connectivity index (χ1n) is 5.95. The molecule has 1 amide bonds. The number of halogens is 2. The van der Waals surface area contributed by atoms with Crippen molar-refractivity contribution in [2.45, 2.75) is 24.3 Å². The van der Waals surface area contributed by atoms with Crippen LogP contribution in [0.25, 0.3) is 0 Å². The summed E-state index contributed by atoms with van der Waals surface area (Å²) in [7, 11) is -2.36. The summed E-state index contributed by atoms with van der Waals surface area (Å²) in [4.78, 5) is 13.0. The summed E-state index contributed by atoms with van der Waals surface area (Å²) in [6.45, 7) is 1.93. The summed E-state index contributed by atoms with van der Waals surface area (Å²) in [5.74, 6) is -0.867. The Labute approximate surface area is 121 Å². The molecule has 110 valence electrons. The number of aryl methyl sites for hydroxylation is 1. The van der Waals surface area contributed by atoms with Gasteiger partial charge in [0.1, 0.15) is 16.8 Å². The normalized spacial score (nSPS) is 19.7. The van der Waals surface area contributed by atoms with Crippen LogP contribution in [0.2, 0.25) is 5.02 Å². The number of carbonyl (C=O) groups excluding carboxylic acids is 1. The van der Waals surface area contributed by atoms with Crippen LogP contribution in [-0.4, -0.2) is 38.9 Å². The van der Waals surface area contributed by atoms with E-state index in [9.17, 15) is 17.6 Å². The molecular formula is C12H14ClFN2O3S. The fourth-order valence-electron chi connectivity index (χ4n) is 2.02. The highest BCUT2D eigenvalue weighted by Gasteiger charge is 2.33. The lowest BCUT2D eigenvalue weighted by Gasteiger charge is -2.14. The number of likely N-dealkylation sites (tertiary alicyclic amines) is 1. The molecule has 0 radical (unpaired) electrons. The molecule has 1 aromatic carbocycles. The Morgan fingerprint density at radius 1 is 1.45 bits per heavy atom. The molecule has 1 aliphatic rings. The topological polar surface area (TPSA) is 66.5 Å². The Kier molecular flexibility index (Phi) is 4.04. The molecule has 2 rings (SSSR count). The first kappa shape index (κ1) is 15.2. The van der Waals surface area contributed by atoms with Gasteiger partial charge in [-0.2, -0.15) is 4.72 Å². The van der Waals surface area contributed by atoms with E-state index in [1.165, 1.54) is 11.8 Å². The zero-order valence-corrected chi connectivity index (χ0v) is 12.6. The second-order valence-electron chi connectivity index (χ2n) is 4.75. The Hall–Kier alpha value is -1.18. The Morgan fingerprint density at radius 3 is 2.65 bits per heavy atom. The minimum absolute atomic E-state index is 0.171. The van der Waals surface area contributed by atoms with Crippen molar-refractivity contribution in [1.82, 2.24) is 9.62 Å². The van der Waals surface area contributed by atoms with Crippen LogP contribution in [-0.2, 0) is 14.8 Å². The molecule has 1 aliphatic heterocycles. The van der Waals surface area contributed by atoms with E-state index in [1.807, 2.05) is 0 Å². The van der Waals surface area contributed by atoms with Crippen LogP contribution < -0.4 is 4.72 Å². The number of rotatable bonds is 3. The van der Waals surface area contributed by atoms with Gasteiger partial charge in [-0.15, -0.1) is 0 Å². The fraction of sp³-hybridized carbons (Fsp3) is 0.417. The molecule has 1 fully saturated rings. The average molecular weight is 321 g/mol. The zero-order chi connectivity index (χ0) is 15.1. The lowest BCUT2D eigenvalue weighted by molar-refractivity contribution is -0.127. The highest BCUT2D eigenvalue weighted by molar-refractivity contribution is 7.89. The van der Waals surface area contributed by atoms with E-state index < -0.39 is 21.9 Å². The van der Waals surface area contributed by atoms with Gasteiger partial charge in [0.2, 0.25) is 15.9 Å². The molecule has 1 aromatic rings. The van der Waals surface area contributed by atoms with Gasteiger partial charge < -0.3 is 4.90 Å². The number of hydrogen-bond donors (Lipinski definition) is 1. The number of sulfonamides is 1. The van der Waals surface area contributed by atoms with Crippen molar-refractivity contribution in [3.63, 3.8) is 0 Å². The standard InChI is InChI=1S/C12H14ClFN2O3S/c1-7-5-11(8(13)6-9(7)14)20(18,19)15-10-3-4-16(2)12(10)17/h5-6,10,15H,3-4H2,1-2H3. The monoisotopic (exact) mass is 320 g/mol. The lowest BCUT2D eigenvalue weighted by Crippen LogP contribution is -2.40. The third-order valence-corrected chi connectivity index (χ3v) is 5.16. The Bertz CT molecular complexity index is 663. The molecule has 1 heterocycles. The number of carbonyl (C=O) groups is 1. The molecule has 1 N–H and O–H groups in total. The van der Waals surface area contributed by atoms with Gasteiger partial charge in [-0.05, 0) is 31.0 Å². The van der Waals surface area contributed by atoms with Crippen molar-refractivity contribution < 1.29 is 17.6 Å². The van der Waals surface area contributed by atoms with Gasteiger partial charge in [0.25, 0.3) is 0 Å². The lowest BCUT2D eigenvalue weighted by atomic mass is 10.2. The number of benzene rings is 1. The van der Waals surface area contributed by atoms with Gasteiger partial charge in [0, 0.05) is 13.6 Å². The van der Waals surface area contributed by atoms with Crippen LogP contribution in [0.5, 0.6) is 0 Å². The van der Waals surface area contributed by atoms with Crippen molar-refractivity contribution in [3.8, 4) is 0 Å². The number of amides is 1. The van der Waals surface area contributed by atoms with E-state index in [0.29, 0.717) is 13.0 Å². The molecule has 0 aromatic heterocycles. The number of likely N-dealkylation sites (N-methyl/N-ethyl adjacent to an activating group) is 1. The highest BCUT2D eigenvalue weighted by atomic mass is 35.5. The van der Waals surface area contributed by atoms with Gasteiger partial charge >= 0.3 is 0 Å². The van der Waals surface area contributed by atoms with Gasteiger partial charge in [-0.25, -0.2) is 12.8 Å². The molecule has 8 heteroatoms. The maximum atomic E-state index is 13.3. The highest BCUT2D eigenvalue weighted by Crippen LogP contribution is 2.25. The van der Waals surface area contributed by atoms with Crippen LogP contribution in [0.15, 0.2) is 17.0 Å². The smallest absolute Gasteiger partial charge is 0.242 e. The third kappa shape index (κ3) is 2.79. The van der Waals surface area contributed by atoms with Gasteiger partial charge in [0.15, 0.2) is 0 Å². The van der Waals surface area contributed by atoms with Crippen molar-refractivity contribution >= 4 is 27.5 Å². The quantitative estimate of drug-likeness (QED) is 0.913. The van der Waals surface area contributed by atoms with Crippen LogP contribution in [0.3, 0.4) is 0 Å². The zero-order valence-electron chi connectivity index (χ0n) is 11.0. The second-order valence-corrected chi connectivity index (χ2v) is 6.84. The molecular weight excluding hydrogens is 307 g/mol. The van der Waals surface area contributed by atoms with E-state index in [1.54, 1.807) is 7.05 Å². The van der Waals surface area contributed by atoms with Crippen molar-refractivity contribution in [2.24, 2.45) is 0 Å². The Balaban J connectivity index is 2.32. The van der Waals surface area contributed by atoms with Gasteiger partial charge in [-0.3, -0.25) is 4.79 Å². The predicted octanol–water partition coefficient (Wildman–Crippen LogP) is 1.30. The Morgan fingerprint density at radius 2 is 2.10 bits per heavy atom. The molecule has 0 spiro atoms. The van der Waals surface area contributed by atoms with Gasteiger partial charge in [-0.1, -0.05) is 11.6 Å². The largest absolute Gasteiger partial charge is 0.344 e. The van der Waals surface area contributed by atoms with Crippen molar-refractivity contribution in [3.05, 3.63) is 28.5 Å². The molecule has 5 nitrogen and oxygen atoms in total. The summed E-state index contributed by atoms with van der Waals surface area (Å²) in [6.07, 6.45) is 0.395. The summed E-state index contributed by atoms with van der Waals surface area (Å²) in [5.41, 5.74) is 0.171. The maximum absolute atomic E-state index is 13.3. The van der Waals surface area contributed by atoms with Crippen LogP contribution in [0, 0.1) is 12.7 Å². The van der Waals surface area contributed by atoms with Crippen LogP contribution in [0.4, 0.5) is 4.39 Å². The van der Waals surface area contributed by atoms with E-state index >= 15 is 0 Å². The van der Waals surface area contributed by atoms with Crippen LogP contribution >= 0.6 is 11.6 Å².